The van der Waals surface area contributed by atoms with E-state index < -0.39 is 17.3 Å². The van der Waals surface area contributed by atoms with E-state index in [9.17, 15) is 14.7 Å². The first-order valence-corrected chi connectivity index (χ1v) is 6.11. The van der Waals surface area contributed by atoms with Gasteiger partial charge in [0.2, 0.25) is 11.5 Å². The fourth-order valence-electron chi connectivity index (χ4n) is 2.41. The molecule has 1 atom stereocenters. The highest BCUT2D eigenvalue weighted by atomic mass is 16.6. The Morgan fingerprint density at radius 3 is 2.79 bits per heavy atom. The fraction of sp³-hybridized carbons (Fsp3) is 0.636. The van der Waals surface area contributed by atoms with E-state index in [1.54, 1.807) is 0 Å². The molecule has 0 aromatic carbocycles. The number of carboxylic acid groups (broad SMARTS) is 1. The summed E-state index contributed by atoms with van der Waals surface area (Å²) in [7, 11) is 0. The Labute approximate surface area is 109 Å². The number of nitrogens with zero attached hydrogens (tertiary/aromatic N) is 3. The standard InChI is InChI=1S/C11H16N4O4/c1-2-11(10(17)18)4-3-5-15(6-11)9(16)7-8(12)14-19-13-7/h2-6H2,1H3,(H2,12,14)(H,17,18). The Hall–Kier alpha value is -2.12. The Morgan fingerprint density at radius 2 is 2.26 bits per heavy atom. The maximum Gasteiger partial charge on any atom is 0.311 e. The molecular formula is C11H16N4O4. The Morgan fingerprint density at radius 1 is 1.53 bits per heavy atom. The lowest BCUT2D eigenvalue weighted by atomic mass is 9.77. The van der Waals surface area contributed by atoms with Gasteiger partial charge >= 0.3 is 5.97 Å². The van der Waals surface area contributed by atoms with Gasteiger partial charge in [0.15, 0.2) is 0 Å². The average Bonchev–Trinajstić information content (AvgIpc) is 2.84. The van der Waals surface area contributed by atoms with Crippen molar-refractivity contribution in [2.45, 2.75) is 26.2 Å². The molecule has 0 aliphatic carbocycles. The van der Waals surface area contributed by atoms with Crippen molar-refractivity contribution >= 4 is 17.7 Å². The molecule has 1 aliphatic heterocycles. The summed E-state index contributed by atoms with van der Waals surface area (Å²) in [6, 6.07) is 0. The number of aliphatic carboxylic acids is 1. The van der Waals surface area contributed by atoms with Gasteiger partial charge in [-0.05, 0) is 29.6 Å². The van der Waals surface area contributed by atoms with E-state index in [4.69, 9.17) is 5.73 Å². The van der Waals surface area contributed by atoms with Gasteiger partial charge < -0.3 is 15.7 Å². The van der Waals surface area contributed by atoms with Crippen LogP contribution in [-0.4, -0.2) is 45.3 Å². The van der Waals surface area contributed by atoms with Crippen molar-refractivity contribution in [1.82, 2.24) is 15.2 Å². The van der Waals surface area contributed by atoms with Gasteiger partial charge in [-0.1, -0.05) is 6.92 Å². The number of amides is 1. The molecule has 0 radical (unpaired) electrons. The predicted octanol–water partition coefficient (Wildman–Crippen LogP) is 0.369. The summed E-state index contributed by atoms with van der Waals surface area (Å²) in [5.74, 6) is -1.38. The molecule has 8 heteroatoms. The van der Waals surface area contributed by atoms with Gasteiger partial charge in [-0.2, -0.15) is 0 Å². The van der Waals surface area contributed by atoms with Gasteiger partial charge in [0.05, 0.1) is 5.41 Å². The van der Waals surface area contributed by atoms with E-state index in [2.05, 4.69) is 14.9 Å². The van der Waals surface area contributed by atoms with Crippen LogP contribution in [0, 0.1) is 5.41 Å². The molecule has 0 bridgehead atoms. The van der Waals surface area contributed by atoms with E-state index in [-0.39, 0.29) is 18.1 Å². The van der Waals surface area contributed by atoms with Crippen molar-refractivity contribution in [3.8, 4) is 0 Å². The fourth-order valence-corrected chi connectivity index (χ4v) is 2.41. The lowest BCUT2D eigenvalue weighted by Crippen LogP contribution is -2.49. The summed E-state index contributed by atoms with van der Waals surface area (Å²) in [5, 5.41) is 16.2. The SMILES string of the molecule is CCC1(C(=O)O)CCCN(C(=O)c2nonc2N)C1. The number of piperidine rings is 1. The number of carbonyl (C=O) groups excluding carboxylic acids is 1. The van der Waals surface area contributed by atoms with Crippen LogP contribution in [0.3, 0.4) is 0 Å². The first kappa shape index (κ1) is 13.3. The van der Waals surface area contributed by atoms with Crippen LogP contribution in [0.5, 0.6) is 0 Å². The van der Waals surface area contributed by atoms with E-state index >= 15 is 0 Å². The third-order valence-electron chi connectivity index (χ3n) is 3.71. The van der Waals surface area contributed by atoms with Gasteiger partial charge in [0.25, 0.3) is 5.91 Å². The Kier molecular flexibility index (Phi) is 3.41. The van der Waals surface area contributed by atoms with Gasteiger partial charge in [-0.25, -0.2) is 4.63 Å². The number of nitrogens with two attached hydrogens (primary N) is 1. The summed E-state index contributed by atoms with van der Waals surface area (Å²) < 4.78 is 4.39. The molecule has 3 N–H and O–H groups in total. The van der Waals surface area contributed by atoms with Crippen molar-refractivity contribution in [3.63, 3.8) is 0 Å². The molecule has 2 heterocycles. The van der Waals surface area contributed by atoms with E-state index in [1.165, 1.54) is 4.90 Å². The van der Waals surface area contributed by atoms with Crippen molar-refractivity contribution < 1.29 is 19.3 Å². The second-order valence-corrected chi connectivity index (χ2v) is 4.77. The van der Waals surface area contributed by atoms with Crippen LogP contribution in [0.15, 0.2) is 4.63 Å². The molecule has 8 nitrogen and oxygen atoms in total. The molecule has 1 aliphatic rings. The Balaban J connectivity index is 2.20. The number of aromatic nitrogens is 2. The van der Waals surface area contributed by atoms with E-state index in [0.29, 0.717) is 25.8 Å². The number of likely N-dealkylation sites (tertiary alicyclic amines) is 1. The van der Waals surface area contributed by atoms with Crippen molar-refractivity contribution in [1.29, 1.82) is 0 Å². The third kappa shape index (κ3) is 2.25. The molecule has 1 aromatic heterocycles. The largest absolute Gasteiger partial charge is 0.481 e. The molecule has 19 heavy (non-hydrogen) atoms. The first-order chi connectivity index (χ1) is 9.00. The van der Waals surface area contributed by atoms with E-state index in [0.717, 1.165) is 0 Å². The number of hydrogen-bond donors (Lipinski definition) is 2. The highest BCUT2D eigenvalue weighted by Gasteiger charge is 2.42. The zero-order valence-corrected chi connectivity index (χ0v) is 10.6. The summed E-state index contributed by atoms with van der Waals surface area (Å²) in [4.78, 5) is 25.1. The number of rotatable bonds is 3. The number of anilines is 1. The van der Waals surface area contributed by atoms with Crippen LogP contribution in [-0.2, 0) is 4.79 Å². The lowest BCUT2D eigenvalue weighted by Gasteiger charge is -2.39. The second kappa shape index (κ2) is 4.87. The molecule has 1 fully saturated rings. The van der Waals surface area contributed by atoms with Crippen LogP contribution in [0.25, 0.3) is 0 Å². The van der Waals surface area contributed by atoms with Crippen LogP contribution < -0.4 is 5.73 Å². The summed E-state index contributed by atoms with van der Waals surface area (Å²) >= 11 is 0. The molecular weight excluding hydrogens is 252 g/mol. The summed E-state index contributed by atoms with van der Waals surface area (Å²) in [6.07, 6.45) is 1.67. The molecule has 1 amide bonds. The maximum absolute atomic E-state index is 12.2. The predicted molar refractivity (Wildman–Crippen MR) is 64.2 cm³/mol. The van der Waals surface area contributed by atoms with Crippen molar-refractivity contribution in [3.05, 3.63) is 5.69 Å². The van der Waals surface area contributed by atoms with Crippen LogP contribution in [0.2, 0.25) is 0 Å². The number of hydrogen-bond acceptors (Lipinski definition) is 6. The zero-order valence-electron chi connectivity index (χ0n) is 10.6. The lowest BCUT2D eigenvalue weighted by molar-refractivity contribution is -0.152. The Bertz CT molecular complexity index is 501. The molecule has 104 valence electrons. The minimum atomic E-state index is -0.889. The third-order valence-corrected chi connectivity index (χ3v) is 3.71. The minimum absolute atomic E-state index is 0.0581. The smallest absolute Gasteiger partial charge is 0.311 e. The van der Waals surface area contributed by atoms with Crippen LogP contribution in [0.4, 0.5) is 5.82 Å². The van der Waals surface area contributed by atoms with Gasteiger partial charge in [0.1, 0.15) is 0 Å². The molecule has 2 rings (SSSR count). The second-order valence-electron chi connectivity index (χ2n) is 4.77. The normalized spacial score (nSPS) is 23.3. The highest BCUT2D eigenvalue weighted by molar-refractivity contribution is 5.96. The van der Waals surface area contributed by atoms with Crippen LogP contribution in [0.1, 0.15) is 36.7 Å². The van der Waals surface area contributed by atoms with Gasteiger partial charge in [-0.15, -0.1) is 0 Å². The van der Waals surface area contributed by atoms with Crippen molar-refractivity contribution in [2.24, 2.45) is 5.41 Å². The minimum Gasteiger partial charge on any atom is -0.481 e. The summed E-state index contributed by atoms with van der Waals surface area (Å²) in [5.41, 5.74) is 4.53. The van der Waals surface area contributed by atoms with Gasteiger partial charge in [0, 0.05) is 13.1 Å². The first-order valence-electron chi connectivity index (χ1n) is 6.11. The van der Waals surface area contributed by atoms with Crippen molar-refractivity contribution in [2.75, 3.05) is 18.8 Å². The molecule has 1 aromatic rings. The molecule has 0 spiro atoms. The number of carboxylic acids is 1. The highest BCUT2D eigenvalue weighted by Crippen LogP contribution is 2.34. The quantitative estimate of drug-likeness (QED) is 0.811. The number of nitrogen functional groups attached to an aromatic ring is 1. The molecule has 1 unspecified atom stereocenters. The molecule has 1 saturated heterocycles. The van der Waals surface area contributed by atoms with Crippen LogP contribution >= 0.6 is 0 Å². The molecule has 0 saturated carbocycles. The topological polar surface area (TPSA) is 123 Å². The maximum atomic E-state index is 12.2. The van der Waals surface area contributed by atoms with E-state index in [1.807, 2.05) is 6.92 Å². The monoisotopic (exact) mass is 268 g/mol. The average molecular weight is 268 g/mol. The zero-order chi connectivity index (χ0) is 14.0. The van der Waals surface area contributed by atoms with Gasteiger partial charge in [-0.3, -0.25) is 9.59 Å². The number of carbonyl (C=O) groups is 2. The summed E-state index contributed by atoms with van der Waals surface area (Å²) in [6.45, 7) is 2.46.